The molecule has 3 rings (SSSR count). The average Bonchev–Trinajstić information content (AvgIpc) is 2.97. The van der Waals surface area contributed by atoms with E-state index in [0.717, 1.165) is 26.9 Å². The van der Waals surface area contributed by atoms with Crippen molar-refractivity contribution in [1.29, 1.82) is 0 Å². The zero-order valence-corrected chi connectivity index (χ0v) is 14.2. The SMILES string of the molecule is CC(C)Cc1ccncc1-c1cnc(-c2ccc(Cl)cc2)s1. The highest BCUT2D eigenvalue weighted by atomic mass is 35.5. The maximum Gasteiger partial charge on any atom is 0.123 e. The Hall–Kier alpha value is -1.71. The van der Waals surface area contributed by atoms with Crippen LogP contribution in [0.15, 0.2) is 48.9 Å². The van der Waals surface area contributed by atoms with Crippen molar-refractivity contribution in [3.63, 3.8) is 0 Å². The maximum absolute atomic E-state index is 5.94. The van der Waals surface area contributed by atoms with Crippen molar-refractivity contribution in [1.82, 2.24) is 9.97 Å². The van der Waals surface area contributed by atoms with E-state index in [2.05, 4.69) is 29.9 Å². The van der Waals surface area contributed by atoms with Crippen molar-refractivity contribution in [3.05, 3.63) is 59.5 Å². The van der Waals surface area contributed by atoms with Gasteiger partial charge in [0, 0.05) is 34.7 Å². The summed E-state index contributed by atoms with van der Waals surface area (Å²) in [7, 11) is 0. The van der Waals surface area contributed by atoms with Crippen LogP contribution in [0.5, 0.6) is 0 Å². The molecule has 0 unspecified atom stereocenters. The van der Waals surface area contributed by atoms with Gasteiger partial charge < -0.3 is 0 Å². The first-order valence-corrected chi connectivity index (χ1v) is 8.48. The van der Waals surface area contributed by atoms with Crippen LogP contribution in [-0.2, 0) is 6.42 Å². The number of rotatable bonds is 4. The first-order chi connectivity index (χ1) is 10.6. The molecule has 0 saturated heterocycles. The largest absolute Gasteiger partial charge is 0.264 e. The first-order valence-electron chi connectivity index (χ1n) is 7.28. The summed E-state index contributed by atoms with van der Waals surface area (Å²) in [6.07, 6.45) is 6.79. The van der Waals surface area contributed by atoms with Crippen LogP contribution in [0.3, 0.4) is 0 Å². The van der Waals surface area contributed by atoms with Crippen molar-refractivity contribution >= 4 is 22.9 Å². The normalized spacial score (nSPS) is 11.1. The quantitative estimate of drug-likeness (QED) is 0.611. The van der Waals surface area contributed by atoms with Gasteiger partial charge in [0.25, 0.3) is 0 Å². The van der Waals surface area contributed by atoms with E-state index < -0.39 is 0 Å². The fourth-order valence-electron chi connectivity index (χ4n) is 2.39. The van der Waals surface area contributed by atoms with Crippen LogP contribution in [0.2, 0.25) is 5.02 Å². The predicted octanol–water partition coefficient (Wildman–Crippen LogP) is 5.72. The van der Waals surface area contributed by atoms with Gasteiger partial charge in [-0.3, -0.25) is 4.98 Å². The molecule has 0 atom stereocenters. The molecule has 0 N–H and O–H groups in total. The lowest BCUT2D eigenvalue weighted by Gasteiger charge is -2.09. The molecule has 4 heteroatoms. The standard InChI is InChI=1S/C18H17ClN2S/c1-12(2)9-14-7-8-20-10-16(14)17-11-21-18(22-17)13-3-5-15(19)6-4-13/h3-8,10-12H,9H2,1-2H3. The number of thiazole rings is 1. The third-order valence-corrected chi connectivity index (χ3v) is 4.73. The summed E-state index contributed by atoms with van der Waals surface area (Å²) >= 11 is 7.64. The van der Waals surface area contributed by atoms with Crippen molar-refractivity contribution in [2.45, 2.75) is 20.3 Å². The van der Waals surface area contributed by atoms with Gasteiger partial charge in [-0.15, -0.1) is 11.3 Å². The second-order valence-electron chi connectivity index (χ2n) is 5.67. The number of hydrogen-bond acceptors (Lipinski definition) is 3. The molecule has 0 aliphatic rings. The molecule has 2 heterocycles. The lowest BCUT2D eigenvalue weighted by atomic mass is 9.99. The van der Waals surface area contributed by atoms with Gasteiger partial charge in [-0.2, -0.15) is 0 Å². The molecule has 0 saturated carbocycles. The lowest BCUT2D eigenvalue weighted by molar-refractivity contribution is 0.647. The van der Waals surface area contributed by atoms with Crippen molar-refractivity contribution in [2.24, 2.45) is 5.92 Å². The summed E-state index contributed by atoms with van der Waals surface area (Å²) in [6, 6.07) is 9.90. The summed E-state index contributed by atoms with van der Waals surface area (Å²) in [6.45, 7) is 4.46. The minimum absolute atomic E-state index is 0.616. The summed E-state index contributed by atoms with van der Waals surface area (Å²) in [5.41, 5.74) is 3.61. The minimum atomic E-state index is 0.616. The highest BCUT2D eigenvalue weighted by Gasteiger charge is 2.11. The Kier molecular flexibility index (Phi) is 4.55. The smallest absolute Gasteiger partial charge is 0.123 e. The van der Waals surface area contributed by atoms with Crippen molar-refractivity contribution < 1.29 is 0 Å². The summed E-state index contributed by atoms with van der Waals surface area (Å²) in [5.74, 6) is 0.616. The molecule has 0 aliphatic carbocycles. The van der Waals surface area contributed by atoms with Gasteiger partial charge in [0.2, 0.25) is 0 Å². The van der Waals surface area contributed by atoms with Gasteiger partial charge in [-0.05, 0) is 36.1 Å². The van der Waals surface area contributed by atoms with E-state index in [1.54, 1.807) is 11.3 Å². The highest BCUT2D eigenvalue weighted by molar-refractivity contribution is 7.18. The molecule has 0 amide bonds. The highest BCUT2D eigenvalue weighted by Crippen LogP contribution is 2.34. The zero-order chi connectivity index (χ0) is 15.5. The molecule has 1 aromatic carbocycles. The first kappa shape index (κ1) is 15.2. The van der Waals surface area contributed by atoms with Crippen LogP contribution in [-0.4, -0.2) is 9.97 Å². The predicted molar refractivity (Wildman–Crippen MR) is 94.3 cm³/mol. The molecule has 3 aromatic rings. The molecule has 0 aliphatic heterocycles. The molecule has 0 radical (unpaired) electrons. The minimum Gasteiger partial charge on any atom is -0.264 e. The van der Waals surface area contributed by atoms with E-state index in [1.165, 1.54) is 11.1 Å². The van der Waals surface area contributed by atoms with Gasteiger partial charge in [-0.1, -0.05) is 37.6 Å². The number of halogens is 1. The van der Waals surface area contributed by atoms with Gasteiger partial charge in [0.1, 0.15) is 5.01 Å². The topological polar surface area (TPSA) is 25.8 Å². The van der Waals surface area contributed by atoms with Crippen molar-refractivity contribution in [2.75, 3.05) is 0 Å². The molecular weight excluding hydrogens is 312 g/mol. The molecule has 0 fully saturated rings. The van der Waals surface area contributed by atoms with Crippen LogP contribution in [0.4, 0.5) is 0 Å². The second kappa shape index (κ2) is 6.59. The van der Waals surface area contributed by atoms with E-state index in [-0.39, 0.29) is 0 Å². The Bertz CT molecular complexity index is 763. The molecular formula is C18H17ClN2S. The fraction of sp³-hybridized carbons (Fsp3) is 0.222. The number of benzene rings is 1. The van der Waals surface area contributed by atoms with Crippen LogP contribution >= 0.6 is 22.9 Å². The number of nitrogens with zero attached hydrogens (tertiary/aromatic N) is 2. The third-order valence-electron chi connectivity index (χ3n) is 3.40. The Morgan fingerprint density at radius 3 is 2.59 bits per heavy atom. The van der Waals surface area contributed by atoms with E-state index in [9.17, 15) is 0 Å². The van der Waals surface area contributed by atoms with Crippen LogP contribution in [0, 0.1) is 5.92 Å². The fourth-order valence-corrected chi connectivity index (χ4v) is 3.48. The average molecular weight is 329 g/mol. The van der Waals surface area contributed by atoms with Crippen LogP contribution in [0.25, 0.3) is 21.0 Å². The molecule has 112 valence electrons. The maximum atomic E-state index is 5.94. The summed E-state index contributed by atoms with van der Waals surface area (Å²) < 4.78 is 0. The molecule has 2 nitrogen and oxygen atoms in total. The van der Waals surface area contributed by atoms with E-state index in [1.807, 2.05) is 42.9 Å². The van der Waals surface area contributed by atoms with Gasteiger partial charge in [0.15, 0.2) is 0 Å². The van der Waals surface area contributed by atoms with Gasteiger partial charge in [0.05, 0.1) is 4.88 Å². The molecule has 0 bridgehead atoms. The number of hydrogen-bond donors (Lipinski definition) is 0. The van der Waals surface area contributed by atoms with E-state index in [4.69, 9.17) is 11.6 Å². The Morgan fingerprint density at radius 1 is 1.09 bits per heavy atom. The number of pyridine rings is 1. The Balaban J connectivity index is 1.96. The van der Waals surface area contributed by atoms with Crippen LogP contribution in [0.1, 0.15) is 19.4 Å². The van der Waals surface area contributed by atoms with Crippen LogP contribution < -0.4 is 0 Å². The Labute approximate surface area is 139 Å². The number of aromatic nitrogens is 2. The van der Waals surface area contributed by atoms with Gasteiger partial charge in [-0.25, -0.2) is 4.98 Å². The summed E-state index contributed by atoms with van der Waals surface area (Å²) in [5, 5.41) is 1.75. The monoisotopic (exact) mass is 328 g/mol. The zero-order valence-electron chi connectivity index (χ0n) is 12.6. The van der Waals surface area contributed by atoms with Crippen molar-refractivity contribution in [3.8, 4) is 21.0 Å². The summed E-state index contributed by atoms with van der Waals surface area (Å²) in [4.78, 5) is 10.0. The van der Waals surface area contributed by atoms with E-state index in [0.29, 0.717) is 5.92 Å². The Morgan fingerprint density at radius 2 is 1.86 bits per heavy atom. The molecule has 22 heavy (non-hydrogen) atoms. The molecule has 0 spiro atoms. The third kappa shape index (κ3) is 3.37. The van der Waals surface area contributed by atoms with Gasteiger partial charge >= 0.3 is 0 Å². The lowest BCUT2D eigenvalue weighted by Crippen LogP contribution is -1.96. The molecule has 2 aromatic heterocycles. The second-order valence-corrected chi connectivity index (χ2v) is 7.13. The van der Waals surface area contributed by atoms with E-state index >= 15 is 0 Å².